The summed E-state index contributed by atoms with van der Waals surface area (Å²) in [5, 5.41) is 26.4. The van der Waals surface area contributed by atoms with Crippen molar-refractivity contribution >= 4 is 40.7 Å². The topological polar surface area (TPSA) is 187 Å². The van der Waals surface area contributed by atoms with Crippen molar-refractivity contribution in [3.8, 4) is 0 Å². The van der Waals surface area contributed by atoms with E-state index in [0.717, 1.165) is 18.6 Å². The number of amides is 2. The first-order valence-electron chi connectivity index (χ1n) is 11.2. The molecule has 2 aromatic heterocycles. The second-order valence-electron chi connectivity index (χ2n) is 8.64. The van der Waals surface area contributed by atoms with Crippen LogP contribution in [0.1, 0.15) is 31.9 Å². The molecular weight excluding hydrogens is 466 g/mol. The molecule has 2 unspecified atom stereocenters. The quantitative estimate of drug-likeness (QED) is 0.178. The number of fused-ring (bicyclic) bond motifs is 2. The van der Waals surface area contributed by atoms with Crippen molar-refractivity contribution in [2.45, 2.75) is 67.6 Å². The number of aliphatic hydroxyl groups is 2. The van der Waals surface area contributed by atoms with Crippen LogP contribution < -0.4 is 16.4 Å². The van der Waals surface area contributed by atoms with Crippen LogP contribution in [0.2, 0.25) is 0 Å². The number of esters is 1. The lowest BCUT2D eigenvalue weighted by molar-refractivity contribution is -0.158. The number of aromatic nitrogens is 4. The van der Waals surface area contributed by atoms with Crippen LogP contribution in [0.15, 0.2) is 12.7 Å². The molecule has 5 rings (SSSR count). The Morgan fingerprint density at radius 2 is 2.18 bits per heavy atom. The fraction of sp³-hybridized carbons (Fsp3) is 0.650. The van der Waals surface area contributed by atoms with E-state index in [4.69, 9.17) is 15.2 Å². The van der Waals surface area contributed by atoms with Gasteiger partial charge < -0.3 is 36.1 Å². The summed E-state index contributed by atoms with van der Waals surface area (Å²) in [5.74, 6) is 0.611. The third-order valence-electron chi connectivity index (χ3n) is 6.48. The summed E-state index contributed by atoms with van der Waals surface area (Å²) in [7, 11) is 0. The van der Waals surface area contributed by atoms with Crippen LogP contribution in [0, 0.1) is 0 Å². The summed E-state index contributed by atoms with van der Waals surface area (Å²) in [5.41, 5.74) is 6.57. The largest absolute Gasteiger partial charge is 0.455 e. The molecule has 3 fully saturated rings. The van der Waals surface area contributed by atoms with Crippen molar-refractivity contribution in [1.82, 2.24) is 30.2 Å². The Bertz CT molecular complexity index is 1070. The van der Waals surface area contributed by atoms with Gasteiger partial charge in [-0.2, -0.15) is 11.8 Å². The van der Waals surface area contributed by atoms with Gasteiger partial charge in [0, 0.05) is 17.4 Å². The Kier molecular flexibility index (Phi) is 6.46. The number of rotatable bonds is 8. The minimum atomic E-state index is -1.22. The average Bonchev–Trinajstić information content (AvgIpc) is 3.56. The lowest BCUT2D eigenvalue weighted by Gasteiger charge is -2.22. The van der Waals surface area contributed by atoms with Crippen LogP contribution in [-0.4, -0.2) is 89.7 Å². The molecule has 6 N–H and O–H groups in total. The number of unbranched alkanes of at least 4 members (excludes halogenated alkanes) is 1. The van der Waals surface area contributed by atoms with E-state index in [9.17, 15) is 19.8 Å². The van der Waals surface area contributed by atoms with Gasteiger partial charge in [-0.25, -0.2) is 19.7 Å². The molecule has 0 radical (unpaired) electrons. The van der Waals surface area contributed by atoms with Crippen LogP contribution >= 0.6 is 11.8 Å². The normalized spacial score (nSPS) is 32.5. The predicted molar refractivity (Wildman–Crippen MR) is 121 cm³/mol. The SMILES string of the molecule is Nc1ncnc2c1ncn2[C@@H]1O[C@H](CO)C(O)[C@@H]1OC(=O)CCCCC1SC[C@@H]2NC(=O)N[C@H]12. The second-order valence-corrected chi connectivity index (χ2v) is 9.92. The molecule has 3 aliphatic rings. The number of nitrogen functional groups attached to an aromatic ring is 1. The Labute approximate surface area is 198 Å². The molecule has 2 aromatic rings. The zero-order chi connectivity index (χ0) is 23.8. The molecule has 3 aliphatic heterocycles. The molecule has 0 spiro atoms. The van der Waals surface area contributed by atoms with Gasteiger partial charge in [-0.15, -0.1) is 0 Å². The molecule has 7 atom stereocenters. The van der Waals surface area contributed by atoms with Crippen molar-refractivity contribution in [3.63, 3.8) is 0 Å². The molecule has 3 saturated heterocycles. The lowest BCUT2D eigenvalue weighted by atomic mass is 10.0. The van der Waals surface area contributed by atoms with Crippen molar-refractivity contribution in [3.05, 3.63) is 12.7 Å². The summed E-state index contributed by atoms with van der Waals surface area (Å²) >= 11 is 1.83. The minimum Gasteiger partial charge on any atom is -0.455 e. The van der Waals surface area contributed by atoms with Gasteiger partial charge in [0.2, 0.25) is 0 Å². The molecular formula is C20H27N7O6S. The van der Waals surface area contributed by atoms with Crippen LogP contribution in [0.3, 0.4) is 0 Å². The number of nitrogens with zero attached hydrogens (tertiary/aromatic N) is 4. The van der Waals surface area contributed by atoms with Gasteiger partial charge >= 0.3 is 12.0 Å². The van der Waals surface area contributed by atoms with Gasteiger partial charge in [-0.3, -0.25) is 9.36 Å². The van der Waals surface area contributed by atoms with E-state index in [2.05, 4.69) is 25.6 Å². The molecule has 0 saturated carbocycles. The van der Waals surface area contributed by atoms with Crippen molar-refractivity contribution in [2.24, 2.45) is 0 Å². The number of nitrogens with two attached hydrogens (primary N) is 1. The number of hydrogen-bond acceptors (Lipinski definition) is 11. The molecule has 184 valence electrons. The van der Waals surface area contributed by atoms with Crippen LogP contribution in [-0.2, 0) is 14.3 Å². The number of thioether (sulfide) groups is 1. The Hall–Kier alpha value is -2.68. The standard InChI is InChI=1S/C20H27N7O6S/c21-17-14-18(23-7-22-17)27(8-24-14)19-16(15(30)10(5-28)32-19)33-12(29)4-2-1-3-11-13-9(6-34-11)25-20(31)26-13/h7-11,13,15-16,19,28,30H,1-6H2,(H2,21,22,23)(H2,25,26,31)/t9-,10+,11?,13-,15?,16-,19+/m0/s1. The molecule has 0 bridgehead atoms. The van der Waals surface area contributed by atoms with E-state index in [-0.39, 0.29) is 30.4 Å². The highest BCUT2D eigenvalue weighted by molar-refractivity contribution is 8.00. The van der Waals surface area contributed by atoms with Crippen molar-refractivity contribution < 1.29 is 29.3 Å². The minimum absolute atomic E-state index is 0.114. The molecule has 0 aliphatic carbocycles. The summed E-state index contributed by atoms with van der Waals surface area (Å²) in [6, 6.07) is 0.193. The smallest absolute Gasteiger partial charge is 0.315 e. The zero-order valence-corrected chi connectivity index (χ0v) is 19.1. The number of urea groups is 1. The van der Waals surface area contributed by atoms with Gasteiger partial charge in [-0.05, 0) is 12.8 Å². The lowest BCUT2D eigenvalue weighted by Crippen LogP contribution is -2.37. The predicted octanol–water partition coefficient (Wildman–Crippen LogP) is -0.703. The number of carbonyl (C=O) groups excluding carboxylic acids is 2. The molecule has 14 heteroatoms. The van der Waals surface area contributed by atoms with Gasteiger partial charge in [0.25, 0.3) is 0 Å². The number of ether oxygens (including phenoxy) is 2. The van der Waals surface area contributed by atoms with E-state index in [1.165, 1.54) is 17.2 Å². The third kappa shape index (κ3) is 4.26. The molecule has 2 amide bonds. The first-order valence-corrected chi connectivity index (χ1v) is 12.3. The number of imidazole rings is 1. The summed E-state index contributed by atoms with van der Waals surface area (Å²) in [6.07, 6.45) is 1.06. The van der Waals surface area contributed by atoms with E-state index in [1.54, 1.807) is 0 Å². The van der Waals surface area contributed by atoms with Crippen molar-refractivity contribution in [2.75, 3.05) is 18.1 Å². The summed E-state index contributed by atoms with van der Waals surface area (Å²) in [4.78, 5) is 36.4. The first kappa shape index (κ1) is 23.1. The second kappa shape index (κ2) is 9.52. The highest BCUT2D eigenvalue weighted by atomic mass is 32.2. The number of hydrogen-bond donors (Lipinski definition) is 5. The Balaban J connectivity index is 1.18. The zero-order valence-electron chi connectivity index (χ0n) is 18.2. The monoisotopic (exact) mass is 493 g/mol. The maximum Gasteiger partial charge on any atom is 0.315 e. The summed E-state index contributed by atoms with van der Waals surface area (Å²) in [6.45, 7) is -0.442. The number of nitrogens with one attached hydrogen (secondary N) is 2. The molecule has 34 heavy (non-hydrogen) atoms. The maximum absolute atomic E-state index is 12.6. The van der Waals surface area contributed by atoms with E-state index < -0.39 is 37.1 Å². The van der Waals surface area contributed by atoms with Gasteiger partial charge in [-0.1, -0.05) is 6.42 Å². The molecule has 0 aromatic carbocycles. The van der Waals surface area contributed by atoms with E-state index >= 15 is 0 Å². The number of anilines is 1. The van der Waals surface area contributed by atoms with Gasteiger partial charge in [0.05, 0.1) is 25.0 Å². The van der Waals surface area contributed by atoms with Crippen LogP contribution in [0.5, 0.6) is 0 Å². The number of carbonyl (C=O) groups is 2. The van der Waals surface area contributed by atoms with E-state index in [1.807, 2.05) is 11.8 Å². The van der Waals surface area contributed by atoms with Gasteiger partial charge in [0.1, 0.15) is 24.1 Å². The summed E-state index contributed by atoms with van der Waals surface area (Å²) < 4.78 is 12.9. The first-order chi connectivity index (χ1) is 16.5. The van der Waals surface area contributed by atoms with Gasteiger partial charge in [0.15, 0.2) is 23.8 Å². The third-order valence-corrected chi connectivity index (χ3v) is 7.99. The Morgan fingerprint density at radius 3 is 3.00 bits per heavy atom. The number of aliphatic hydroxyl groups excluding tert-OH is 2. The highest BCUT2D eigenvalue weighted by Crippen LogP contribution is 2.35. The molecule has 13 nitrogen and oxygen atoms in total. The average molecular weight is 494 g/mol. The Morgan fingerprint density at radius 1 is 1.32 bits per heavy atom. The fourth-order valence-corrected chi connectivity index (χ4v) is 6.29. The fourth-order valence-electron chi connectivity index (χ4n) is 4.74. The highest BCUT2D eigenvalue weighted by Gasteiger charge is 2.47. The molecule has 5 heterocycles. The van der Waals surface area contributed by atoms with E-state index in [0.29, 0.717) is 22.8 Å². The maximum atomic E-state index is 12.6. The van der Waals surface area contributed by atoms with Crippen LogP contribution in [0.4, 0.5) is 10.6 Å². The van der Waals surface area contributed by atoms with Crippen LogP contribution in [0.25, 0.3) is 11.2 Å². The van der Waals surface area contributed by atoms with Crippen molar-refractivity contribution in [1.29, 1.82) is 0 Å².